The highest BCUT2D eigenvalue weighted by molar-refractivity contribution is 5.93. The van der Waals surface area contributed by atoms with E-state index in [-0.39, 0.29) is 17.4 Å². The van der Waals surface area contributed by atoms with Gasteiger partial charge in [-0.15, -0.1) is 0 Å². The highest BCUT2D eigenvalue weighted by Gasteiger charge is 2.22. The van der Waals surface area contributed by atoms with Crippen molar-refractivity contribution in [3.8, 4) is 0 Å². The molecule has 1 unspecified atom stereocenters. The third-order valence-corrected chi connectivity index (χ3v) is 3.38. The highest BCUT2D eigenvalue weighted by Crippen LogP contribution is 2.28. The number of rotatable bonds is 6. The van der Waals surface area contributed by atoms with Crippen LogP contribution in [0.5, 0.6) is 0 Å². The molecule has 120 valence electrons. The number of aromatic nitrogens is 1. The lowest BCUT2D eigenvalue weighted by atomic mass is 9.89. The monoisotopic (exact) mass is 304 g/mol. The Morgan fingerprint density at radius 1 is 1.36 bits per heavy atom. The summed E-state index contributed by atoms with van der Waals surface area (Å²) in [6, 6.07) is 3.48. The number of nitrogens with zero attached hydrogens (tertiary/aromatic N) is 1. The normalized spacial score (nSPS) is 12.5. The zero-order valence-electron chi connectivity index (χ0n) is 13.6. The van der Waals surface area contributed by atoms with Crippen LogP contribution in [0.3, 0.4) is 0 Å². The summed E-state index contributed by atoms with van der Waals surface area (Å²) in [4.78, 5) is 27.3. The van der Waals surface area contributed by atoms with Crippen LogP contribution in [0.4, 0.5) is 5.82 Å². The zero-order valence-corrected chi connectivity index (χ0v) is 13.6. The number of carboxylic acid groups (broad SMARTS) is 1. The first-order chi connectivity index (χ1) is 10.2. The van der Waals surface area contributed by atoms with Crippen LogP contribution < -0.4 is 5.32 Å². The molecule has 1 amide bonds. The van der Waals surface area contributed by atoms with Crippen molar-refractivity contribution in [2.24, 2.45) is 5.41 Å². The number of hydrogen-bond donors (Lipinski definition) is 2. The van der Waals surface area contributed by atoms with Crippen LogP contribution in [0.25, 0.3) is 0 Å². The van der Waals surface area contributed by atoms with Gasteiger partial charge < -0.3 is 10.4 Å². The maximum absolute atomic E-state index is 11.9. The molecular formula is C17H24N2O3. The van der Waals surface area contributed by atoms with Gasteiger partial charge in [0.25, 0.3) is 0 Å². The first-order valence-corrected chi connectivity index (χ1v) is 7.36. The molecular weight excluding hydrogens is 280 g/mol. The summed E-state index contributed by atoms with van der Waals surface area (Å²) >= 11 is 0. The molecule has 0 aromatic carbocycles. The van der Waals surface area contributed by atoms with Gasteiger partial charge in [-0.25, -0.2) is 9.78 Å². The molecule has 0 aliphatic rings. The maximum atomic E-state index is 11.9. The summed E-state index contributed by atoms with van der Waals surface area (Å²) in [5.41, 5.74) is 0.459. The van der Waals surface area contributed by atoms with Gasteiger partial charge in [-0.2, -0.15) is 0 Å². The minimum absolute atomic E-state index is 0.118. The number of nitrogens with one attached hydrogen (secondary N) is 1. The maximum Gasteiger partial charge on any atom is 0.331 e. The van der Waals surface area contributed by atoms with E-state index in [9.17, 15) is 9.59 Å². The molecule has 0 fully saturated rings. The van der Waals surface area contributed by atoms with E-state index in [0.717, 1.165) is 12.0 Å². The van der Waals surface area contributed by atoms with Crippen LogP contribution >= 0.6 is 0 Å². The van der Waals surface area contributed by atoms with E-state index >= 15 is 0 Å². The minimum Gasteiger partial charge on any atom is -0.478 e. The van der Waals surface area contributed by atoms with Crippen molar-refractivity contribution < 1.29 is 14.7 Å². The standard InChI is InChI=1S/C17H24N2O3/c1-6-7-13(11(2)15(20)21)12-8-9-14(18-10-12)19-16(22)17(3,4)5/h8-10,13H,2,6-7H2,1,3-5H3,(H,20,21)(H,18,19,22). The Balaban J connectivity index is 2.92. The molecule has 5 heteroatoms. The number of carbonyl (C=O) groups is 2. The molecule has 1 rings (SSSR count). The highest BCUT2D eigenvalue weighted by atomic mass is 16.4. The molecule has 1 aromatic heterocycles. The van der Waals surface area contributed by atoms with E-state index in [1.807, 2.05) is 27.7 Å². The fourth-order valence-electron chi connectivity index (χ4n) is 1.97. The predicted octanol–water partition coefficient (Wildman–Crippen LogP) is 3.59. The van der Waals surface area contributed by atoms with Gasteiger partial charge in [-0.1, -0.05) is 46.8 Å². The molecule has 1 heterocycles. The number of anilines is 1. The number of hydrogen-bond acceptors (Lipinski definition) is 3. The largest absolute Gasteiger partial charge is 0.478 e. The Labute approximate surface area is 131 Å². The van der Waals surface area contributed by atoms with Gasteiger partial charge in [0.05, 0.1) is 0 Å². The van der Waals surface area contributed by atoms with Gasteiger partial charge in [0, 0.05) is 23.1 Å². The molecule has 0 spiro atoms. The lowest BCUT2D eigenvalue weighted by Crippen LogP contribution is -2.28. The summed E-state index contributed by atoms with van der Waals surface area (Å²) in [6.45, 7) is 11.1. The molecule has 0 saturated carbocycles. The van der Waals surface area contributed by atoms with E-state index in [4.69, 9.17) is 5.11 Å². The summed E-state index contributed by atoms with van der Waals surface area (Å²) in [6.07, 6.45) is 3.15. The van der Waals surface area contributed by atoms with E-state index in [1.165, 1.54) is 0 Å². The molecule has 1 aromatic rings. The first kappa shape index (κ1) is 17.9. The second-order valence-electron chi connectivity index (χ2n) is 6.35. The molecule has 0 bridgehead atoms. The number of aliphatic carboxylic acids is 1. The van der Waals surface area contributed by atoms with Gasteiger partial charge in [0.2, 0.25) is 5.91 Å². The van der Waals surface area contributed by atoms with E-state index in [2.05, 4.69) is 16.9 Å². The summed E-state index contributed by atoms with van der Waals surface area (Å²) in [7, 11) is 0. The van der Waals surface area contributed by atoms with Gasteiger partial charge in [0.15, 0.2) is 0 Å². The molecule has 0 saturated heterocycles. The van der Waals surface area contributed by atoms with Crippen molar-refractivity contribution in [1.29, 1.82) is 0 Å². The SMILES string of the molecule is C=C(C(=O)O)C(CCC)c1ccc(NC(=O)C(C)(C)C)nc1. The Bertz CT molecular complexity index is 556. The Morgan fingerprint density at radius 2 is 2.00 bits per heavy atom. The predicted molar refractivity (Wildman–Crippen MR) is 86.7 cm³/mol. The van der Waals surface area contributed by atoms with Crippen LogP contribution in [0, 0.1) is 5.41 Å². The van der Waals surface area contributed by atoms with Crippen molar-refractivity contribution >= 4 is 17.7 Å². The molecule has 0 aliphatic carbocycles. The quantitative estimate of drug-likeness (QED) is 0.787. The van der Waals surface area contributed by atoms with Gasteiger partial charge in [-0.3, -0.25) is 4.79 Å². The number of carbonyl (C=O) groups excluding carboxylic acids is 1. The van der Waals surface area contributed by atoms with Crippen molar-refractivity contribution in [1.82, 2.24) is 4.98 Å². The fourth-order valence-corrected chi connectivity index (χ4v) is 1.97. The van der Waals surface area contributed by atoms with E-state index < -0.39 is 11.4 Å². The van der Waals surface area contributed by atoms with E-state index in [1.54, 1.807) is 18.3 Å². The Morgan fingerprint density at radius 3 is 2.41 bits per heavy atom. The first-order valence-electron chi connectivity index (χ1n) is 7.36. The van der Waals surface area contributed by atoms with Crippen LogP contribution in [0.15, 0.2) is 30.5 Å². The van der Waals surface area contributed by atoms with Crippen LogP contribution in [-0.4, -0.2) is 22.0 Å². The zero-order chi connectivity index (χ0) is 16.9. The van der Waals surface area contributed by atoms with E-state index in [0.29, 0.717) is 12.2 Å². The fraction of sp³-hybridized carbons (Fsp3) is 0.471. The van der Waals surface area contributed by atoms with Crippen LogP contribution in [0.2, 0.25) is 0 Å². The smallest absolute Gasteiger partial charge is 0.331 e. The van der Waals surface area contributed by atoms with Crippen molar-refractivity contribution in [3.05, 3.63) is 36.0 Å². The van der Waals surface area contributed by atoms with Gasteiger partial charge in [0.1, 0.15) is 5.82 Å². The molecule has 0 radical (unpaired) electrons. The number of pyridine rings is 1. The summed E-state index contributed by atoms with van der Waals surface area (Å²) in [5, 5.41) is 11.9. The number of amides is 1. The summed E-state index contributed by atoms with van der Waals surface area (Å²) in [5.74, 6) is -0.918. The third kappa shape index (κ3) is 4.69. The van der Waals surface area contributed by atoms with Gasteiger partial charge >= 0.3 is 5.97 Å². The average Bonchev–Trinajstić information content (AvgIpc) is 2.44. The summed E-state index contributed by atoms with van der Waals surface area (Å²) < 4.78 is 0. The lowest BCUT2D eigenvalue weighted by molar-refractivity contribution is -0.133. The molecule has 1 atom stereocenters. The molecule has 2 N–H and O–H groups in total. The van der Waals surface area contributed by atoms with Crippen molar-refractivity contribution in [2.75, 3.05) is 5.32 Å². The third-order valence-electron chi connectivity index (χ3n) is 3.38. The average molecular weight is 304 g/mol. The van der Waals surface area contributed by atoms with Crippen LogP contribution in [-0.2, 0) is 9.59 Å². The van der Waals surface area contributed by atoms with Crippen molar-refractivity contribution in [2.45, 2.75) is 46.5 Å². The molecule has 22 heavy (non-hydrogen) atoms. The minimum atomic E-state index is -0.997. The lowest BCUT2D eigenvalue weighted by Gasteiger charge is -2.19. The second kappa shape index (κ2) is 7.20. The van der Waals surface area contributed by atoms with Crippen molar-refractivity contribution in [3.63, 3.8) is 0 Å². The van der Waals surface area contributed by atoms with Crippen LogP contribution in [0.1, 0.15) is 52.0 Å². The number of carboxylic acids is 1. The Hall–Kier alpha value is -2.17. The molecule has 5 nitrogen and oxygen atoms in total. The van der Waals surface area contributed by atoms with Gasteiger partial charge in [-0.05, 0) is 18.1 Å². The topological polar surface area (TPSA) is 79.3 Å². The Kier molecular flexibility index (Phi) is 5.85. The molecule has 0 aliphatic heterocycles. The second-order valence-corrected chi connectivity index (χ2v) is 6.35.